The van der Waals surface area contributed by atoms with E-state index in [1.54, 1.807) is 0 Å². The number of H-pyrrole nitrogens is 1. The summed E-state index contributed by atoms with van der Waals surface area (Å²) in [5.41, 5.74) is 8.22. The molecule has 9 nitrogen and oxygen atoms in total. The maximum atomic E-state index is 11.3. The van der Waals surface area contributed by atoms with Crippen LogP contribution in [0.2, 0.25) is 0 Å². The third-order valence-electron chi connectivity index (χ3n) is 5.51. The van der Waals surface area contributed by atoms with Crippen LogP contribution in [-0.2, 0) is 8.98 Å². The molecule has 1 aliphatic rings. The van der Waals surface area contributed by atoms with E-state index in [2.05, 4.69) is 20.2 Å². The van der Waals surface area contributed by atoms with Gasteiger partial charge in [0.15, 0.2) is 5.65 Å². The highest BCUT2D eigenvalue weighted by molar-refractivity contribution is 7.93. The first-order valence-electron chi connectivity index (χ1n) is 11.4. The number of nitrogens with one attached hydrogen (secondary N) is 1. The van der Waals surface area contributed by atoms with Crippen molar-refractivity contribution in [3.63, 3.8) is 0 Å². The Kier molecular flexibility index (Phi) is 8.53. The molecule has 1 saturated heterocycles. The van der Waals surface area contributed by atoms with Crippen molar-refractivity contribution in [2.45, 2.75) is 19.3 Å². The Morgan fingerprint density at radius 1 is 1.03 bits per heavy atom. The molecule has 10 heteroatoms. The summed E-state index contributed by atoms with van der Waals surface area (Å²) in [7, 11) is 0. The number of nitrogens with two attached hydrogens (primary N) is 1. The number of hydrogen-bond donors (Lipinski definition) is 2. The highest BCUT2D eigenvalue weighted by atomic mass is 32.2. The van der Waals surface area contributed by atoms with Crippen molar-refractivity contribution in [1.82, 2.24) is 25.1 Å². The molecule has 3 heterocycles. The van der Waals surface area contributed by atoms with Gasteiger partial charge in [0.2, 0.25) is 5.91 Å². The minimum Gasteiger partial charge on any atom is -0.457 e. The Balaban J connectivity index is 0.000000204. The van der Waals surface area contributed by atoms with Crippen molar-refractivity contribution in [2.75, 3.05) is 31.7 Å². The third-order valence-corrected chi connectivity index (χ3v) is 5.86. The second-order valence-electron chi connectivity index (χ2n) is 7.87. The average molecular weight is 493 g/mol. The average Bonchev–Trinajstić information content (AvgIpc) is 3.35. The molecule has 1 fully saturated rings. The number of nitrogens with zero attached hydrogens (tertiary/aromatic N) is 4. The van der Waals surface area contributed by atoms with Gasteiger partial charge in [0.25, 0.3) is 0 Å². The second kappa shape index (κ2) is 12.2. The van der Waals surface area contributed by atoms with Gasteiger partial charge in [0.05, 0.1) is 11.1 Å². The van der Waals surface area contributed by atoms with Crippen LogP contribution in [0.4, 0.5) is 5.82 Å². The molecule has 182 valence electrons. The number of fused-ring (bicyclic) bond motifs is 1. The normalized spacial score (nSPS) is 13.2. The van der Waals surface area contributed by atoms with Crippen LogP contribution >= 0.6 is 12.0 Å². The van der Waals surface area contributed by atoms with Crippen LogP contribution in [0.5, 0.6) is 11.5 Å². The topological polar surface area (TPSA) is 119 Å². The van der Waals surface area contributed by atoms with Crippen LogP contribution < -0.4 is 10.5 Å². The lowest BCUT2D eigenvalue weighted by atomic mass is 10.1. The standard InChI is InChI=1S/C17H13N5O.C8H15NO2S/c18-16-14-15(21-22-17(14)20-10-19-16)11-6-8-13(9-7-11)23-12-4-2-1-3-5-12;1-12-11-7-8(10)9-5-3-2-4-6-9/h1-10H,(H3,18,19,20,21,22);2-7H2,1H3. The second-order valence-corrected chi connectivity index (χ2v) is 8.43. The summed E-state index contributed by atoms with van der Waals surface area (Å²) in [6, 6.07) is 17.3. The van der Waals surface area contributed by atoms with E-state index >= 15 is 0 Å². The summed E-state index contributed by atoms with van der Waals surface area (Å²) in [6.45, 7) is 2.05. The molecule has 5 rings (SSSR count). The summed E-state index contributed by atoms with van der Waals surface area (Å²) in [5.74, 6) is 2.09. The van der Waals surface area contributed by atoms with Gasteiger partial charge in [-0.2, -0.15) is 5.10 Å². The maximum absolute atomic E-state index is 11.3. The number of carbonyl (C=O) groups is 1. The largest absolute Gasteiger partial charge is 0.457 e. The Labute approximate surface area is 208 Å². The molecule has 2 aromatic heterocycles. The van der Waals surface area contributed by atoms with E-state index < -0.39 is 0 Å². The van der Waals surface area contributed by atoms with Crippen LogP contribution in [-0.4, -0.2) is 56.9 Å². The Hall–Kier alpha value is -3.63. The SMILES string of the molecule is CSOCC(=O)N1CCCCC1.Nc1ncnc2n[nH]c(-c3ccc(Oc4ccccc4)cc3)c12. The molecular formula is C25H28N6O3S. The van der Waals surface area contributed by atoms with Crippen molar-refractivity contribution < 1.29 is 13.7 Å². The Morgan fingerprint density at radius 3 is 2.46 bits per heavy atom. The van der Waals surface area contributed by atoms with Gasteiger partial charge in [-0.15, -0.1) is 0 Å². The van der Waals surface area contributed by atoms with Gasteiger partial charge in [-0.05, 0) is 67.7 Å². The number of aromatic nitrogens is 4. The zero-order valence-electron chi connectivity index (χ0n) is 19.5. The van der Waals surface area contributed by atoms with Gasteiger partial charge in [-0.25, -0.2) is 9.97 Å². The maximum Gasteiger partial charge on any atom is 0.249 e. The molecule has 3 N–H and O–H groups in total. The highest BCUT2D eigenvalue weighted by Crippen LogP contribution is 2.30. The summed E-state index contributed by atoms with van der Waals surface area (Å²) in [5, 5.41) is 7.85. The summed E-state index contributed by atoms with van der Waals surface area (Å²) in [4.78, 5) is 21.4. The van der Waals surface area contributed by atoms with Gasteiger partial charge >= 0.3 is 0 Å². The van der Waals surface area contributed by atoms with Crippen molar-refractivity contribution in [3.05, 3.63) is 60.9 Å². The molecule has 0 bridgehead atoms. The van der Waals surface area contributed by atoms with Gasteiger partial charge in [-0.3, -0.25) is 9.89 Å². The number of anilines is 1. The third kappa shape index (κ3) is 6.49. The van der Waals surface area contributed by atoms with Crippen LogP contribution in [0.15, 0.2) is 60.9 Å². The van der Waals surface area contributed by atoms with E-state index in [9.17, 15) is 4.79 Å². The number of amides is 1. The van der Waals surface area contributed by atoms with Gasteiger partial charge < -0.3 is 19.6 Å². The number of benzene rings is 2. The monoisotopic (exact) mass is 492 g/mol. The molecule has 1 amide bonds. The van der Waals surface area contributed by atoms with E-state index in [1.807, 2.05) is 65.8 Å². The van der Waals surface area contributed by atoms with E-state index in [4.69, 9.17) is 14.7 Å². The van der Waals surface area contributed by atoms with E-state index in [-0.39, 0.29) is 12.5 Å². The predicted molar refractivity (Wildman–Crippen MR) is 138 cm³/mol. The quantitative estimate of drug-likeness (QED) is 0.372. The number of rotatable bonds is 6. The smallest absolute Gasteiger partial charge is 0.249 e. The summed E-state index contributed by atoms with van der Waals surface area (Å²) < 4.78 is 10.8. The van der Waals surface area contributed by atoms with Crippen molar-refractivity contribution in [2.24, 2.45) is 0 Å². The lowest BCUT2D eigenvalue weighted by Gasteiger charge is -2.26. The van der Waals surface area contributed by atoms with E-state index in [0.29, 0.717) is 11.5 Å². The fourth-order valence-corrected chi connectivity index (χ4v) is 3.96. The molecule has 35 heavy (non-hydrogen) atoms. The Morgan fingerprint density at radius 2 is 1.74 bits per heavy atom. The highest BCUT2D eigenvalue weighted by Gasteiger charge is 2.16. The van der Waals surface area contributed by atoms with Gasteiger partial charge in [0, 0.05) is 24.9 Å². The van der Waals surface area contributed by atoms with Crippen molar-refractivity contribution in [3.8, 4) is 22.8 Å². The summed E-state index contributed by atoms with van der Waals surface area (Å²) in [6.07, 6.45) is 6.77. The van der Waals surface area contributed by atoms with Crippen molar-refractivity contribution >= 4 is 34.8 Å². The number of nitrogen functional groups attached to an aromatic ring is 1. The lowest BCUT2D eigenvalue weighted by molar-refractivity contribution is -0.133. The molecule has 4 aromatic rings. The molecule has 1 aliphatic heterocycles. The van der Waals surface area contributed by atoms with Crippen LogP contribution in [0, 0.1) is 0 Å². The van der Waals surface area contributed by atoms with Gasteiger partial charge in [0.1, 0.15) is 30.3 Å². The first kappa shape index (κ1) is 24.5. The fraction of sp³-hybridized carbons (Fsp3) is 0.280. The van der Waals surface area contributed by atoms with Crippen LogP contribution in [0.25, 0.3) is 22.3 Å². The molecule has 2 aromatic carbocycles. The number of para-hydroxylation sites is 1. The van der Waals surface area contributed by atoms with E-state index in [0.717, 1.165) is 54.1 Å². The summed E-state index contributed by atoms with van der Waals surface area (Å²) >= 11 is 1.25. The lowest BCUT2D eigenvalue weighted by Crippen LogP contribution is -2.37. The molecule has 0 saturated carbocycles. The van der Waals surface area contributed by atoms with E-state index in [1.165, 1.54) is 24.8 Å². The minimum absolute atomic E-state index is 0.129. The molecule has 0 spiro atoms. The number of aromatic amines is 1. The first-order valence-corrected chi connectivity index (χ1v) is 12.5. The molecular weight excluding hydrogens is 464 g/mol. The van der Waals surface area contributed by atoms with Crippen molar-refractivity contribution in [1.29, 1.82) is 0 Å². The minimum atomic E-state index is 0.129. The first-order chi connectivity index (χ1) is 17.2. The fourth-order valence-electron chi connectivity index (χ4n) is 3.75. The predicted octanol–water partition coefficient (Wildman–Crippen LogP) is 4.69. The zero-order chi connectivity index (χ0) is 24.5. The van der Waals surface area contributed by atoms with Crippen LogP contribution in [0.1, 0.15) is 19.3 Å². The number of likely N-dealkylation sites (tertiary alicyclic amines) is 1. The van der Waals surface area contributed by atoms with Gasteiger partial charge in [-0.1, -0.05) is 18.2 Å². The number of ether oxygens (including phenoxy) is 1. The zero-order valence-corrected chi connectivity index (χ0v) is 20.3. The van der Waals surface area contributed by atoms with Crippen LogP contribution in [0.3, 0.4) is 0 Å². The number of piperidine rings is 1. The molecule has 0 radical (unpaired) electrons. The molecule has 0 unspecified atom stereocenters. The Bertz CT molecular complexity index is 1230. The molecule has 0 aliphatic carbocycles. The number of hydrogen-bond acceptors (Lipinski definition) is 8. The number of carbonyl (C=O) groups excluding carboxylic acids is 1. The molecule has 0 atom stereocenters.